The summed E-state index contributed by atoms with van der Waals surface area (Å²) in [6.45, 7) is 2.45. The number of rotatable bonds is 9. The number of benzene rings is 1. The van der Waals surface area contributed by atoms with Gasteiger partial charge in [-0.15, -0.1) is 0 Å². The molecular formula is C27H36N2O3. The second-order valence-corrected chi connectivity index (χ2v) is 9.47. The second-order valence-electron chi connectivity index (χ2n) is 9.47. The molecule has 1 aromatic heterocycles. The highest BCUT2D eigenvalue weighted by atomic mass is 16.5. The number of esters is 1. The average molecular weight is 437 g/mol. The fourth-order valence-corrected chi connectivity index (χ4v) is 5.41. The highest BCUT2D eigenvalue weighted by Crippen LogP contribution is 2.41. The zero-order valence-corrected chi connectivity index (χ0v) is 18.9. The van der Waals surface area contributed by atoms with Crippen LogP contribution in [0, 0.1) is 11.8 Å². The van der Waals surface area contributed by atoms with Gasteiger partial charge in [-0.25, -0.2) is 4.79 Å². The number of aliphatic hydroxyl groups is 1. The molecule has 2 N–H and O–H groups in total. The van der Waals surface area contributed by atoms with E-state index in [4.69, 9.17) is 4.74 Å². The topological polar surface area (TPSA) is 71.5 Å². The number of piperidine rings is 1. The van der Waals surface area contributed by atoms with Crippen molar-refractivity contribution in [3.8, 4) is 0 Å². The Morgan fingerprint density at radius 3 is 2.53 bits per heavy atom. The third-order valence-electron chi connectivity index (χ3n) is 7.42. The first-order chi connectivity index (χ1) is 15.7. The van der Waals surface area contributed by atoms with Crippen molar-refractivity contribution >= 4 is 5.97 Å². The maximum atomic E-state index is 13.4. The maximum absolute atomic E-state index is 13.4. The fourth-order valence-electron chi connectivity index (χ4n) is 5.41. The summed E-state index contributed by atoms with van der Waals surface area (Å²) < 4.78 is 5.90. The number of carbonyl (C=O) groups is 1. The molecule has 1 aliphatic carbocycles. The minimum atomic E-state index is -1.58. The van der Waals surface area contributed by atoms with E-state index >= 15 is 0 Å². The van der Waals surface area contributed by atoms with Gasteiger partial charge in [-0.2, -0.15) is 0 Å². The van der Waals surface area contributed by atoms with E-state index in [1.807, 2.05) is 42.6 Å². The van der Waals surface area contributed by atoms with Crippen LogP contribution in [0.25, 0.3) is 0 Å². The van der Waals surface area contributed by atoms with Crippen molar-refractivity contribution in [2.24, 2.45) is 11.8 Å². The van der Waals surface area contributed by atoms with Crippen molar-refractivity contribution in [1.82, 2.24) is 10.3 Å². The largest absolute Gasteiger partial charge is 0.463 e. The number of carbonyl (C=O) groups excluding carboxylic acids is 1. The van der Waals surface area contributed by atoms with E-state index in [9.17, 15) is 9.90 Å². The molecule has 172 valence electrons. The van der Waals surface area contributed by atoms with Crippen LogP contribution in [-0.2, 0) is 15.1 Å². The van der Waals surface area contributed by atoms with Gasteiger partial charge in [0.1, 0.15) is 0 Å². The van der Waals surface area contributed by atoms with Gasteiger partial charge in [-0.05, 0) is 74.7 Å². The summed E-state index contributed by atoms with van der Waals surface area (Å²) in [5.41, 5.74) is 0.162. The number of nitrogens with zero attached hydrogens (tertiary/aromatic N) is 1. The molecule has 0 bridgehead atoms. The van der Waals surface area contributed by atoms with Crippen molar-refractivity contribution in [1.29, 1.82) is 0 Å². The monoisotopic (exact) mass is 436 g/mol. The first-order valence-electron chi connectivity index (χ1n) is 12.2. The first-order valence-corrected chi connectivity index (χ1v) is 12.2. The highest BCUT2D eigenvalue weighted by Gasteiger charge is 2.48. The summed E-state index contributed by atoms with van der Waals surface area (Å²) >= 11 is 0. The van der Waals surface area contributed by atoms with E-state index < -0.39 is 11.6 Å². The second kappa shape index (κ2) is 11.1. The van der Waals surface area contributed by atoms with Gasteiger partial charge in [-0.1, -0.05) is 49.2 Å². The van der Waals surface area contributed by atoms with Crippen LogP contribution in [0.5, 0.6) is 0 Å². The zero-order chi connectivity index (χ0) is 22.2. The highest BCUT2D eigenvalue weighted by molar-refractivity contribution is 5.81. The third kappa shape index (κ3) is 5.38. The van der Waals surface area contributed by atoms with Crippen LogP contribution in [0.2, 0.25) is 0 Å². The molecule has 0 spiro atoms. The van der Waals surface area contributed by atoms with Crippen LogP contribution < -0.4 is 5.32 Å². The molecule has 5 nitrogen and oxygen atoms in total. The standard InChI is InChI=1S/C27H36N2O3/c30-26(27(31,25-10-4-5-11-25)24-8-2-1-3-9-24)32-20-23(22-7-6-16-29-19-22)13-12-21-14-17-28-18-15-21/h1-3,6-9,16,19,21,23,25,28,31H,4-5,10-15,17-18,20H2. The van der Waals surface area contributed by atoms with Gasteiger partial charge in [0.15, 0.2) is 5.60 Å². The number of nitrogens with one attached hydrogen (secondary N) is 1. The zero-order valence-electron chi connectivity index (χ0n) is 18.9. The number of pyridine rings is 1. The lowest BCUT2D eigenvalue weighted by molar-refractivity contribution is -0.174. The van der Waals surface area contributed by atoms with Crippen LogP contribution in [0.4, 0.5) is 0 Å². The van der Waals surface area contributed by atoms with Gasteiger partial charge in [-0.3, -0.25) is 4.98 Å². The summed E-state index contributed by atoms with van der Waals surface area (Å²) in [7, 11) is 0. The Labute approximate surface area is 191 Å². The molecule has 32 heavy (non-hydrogen) atoms. The lowest BCUT2D eigenvalue weighted by Crippen LogP contribution is -2.44. The molecule has 1 aliphatic heterocycles. The van der Waals surface area contributed by atoms with Crippen LogP contribution in [0.3, 0.4) is 0 Å². The quantitative estimate of drug-likeness (QED) is 0.564. The molecular weight excluding hydrogens is 400 g/mol. The molecule has 2 unspecified atom stereocenters. The molecule has 2 heterocycles. The first kappa shape index (κ1) is 22.9. The third-order valence-corrected chi connectivity index (χ3v) is 7.42. The Morgan fingerprint density at radius 2 is 1.84 bits per heavy atom. The minimum Gasteiger partial charge on any atom is -0.463 e. The Balaban J connectivity index is 1.47. The SMILES string of the molecule is O=C(OCC(CCC1CCNCC1)c1cccnc1)C(O)(c1ccccc1)C1CCCC1. The molecule has 2 aliphatic rings. The van der Waals surface area contributed by atoms with Crippen molar-refractivity contribution in [3.63, 3.8) is 0 Å². The Hall–Kier alpha value is -2.24. The van der Waals surface area contributed by atoms with E-state index in [0.717, 1.165) is 57.2 Å². The summed E-state index contributed by atoms with van der Waals surface area (Å²) in [6, 6.07) is 13.3. The number of ether oxygens (including phenoxy) is 1. The van der Waals surface area contributed by atoms with E-state index in [1.165, 1.54) is 12.8 Å². The average Bonchev–Trinajstić information content (AvgIpc) is 3.41. The molecule has 2 fully saturated rings. The molecule has 1 saturated heterocycles. The van der Waals surface area contributed by atoms with E-state index in [1.54, 1.807) is 6.20 Å². The Morgan fingerprint density at radius 1 is 1.09 bits per heavy atom. The molecule has 5 heteroatoms. The Bertz CT molecular complexity index is 832. The van der Waals surface area contributed by atoms with Gasteiger partial charge >= 0.3 is 5.97 Å². The summed E-state index contributed by atoms with van der Waals surface area (Å²) in [5, 5.41) is 15.1. The normalized spacial score (nSPS) is 20.5. The summed E-state index contributed by atoms with van der Waals surface area (Å²) in [6.07, 6.45) is 11.9. The number of hydrogen-bond acceptors (Lipinski definition) is 5. The minimum absolute atomic E-state index is 0.0890. The van der Waals surface area contributed by atoms with Crippen LogP contribution in [0.15, 0.2) is 54.9 Å². The molecule has 1 aromatic carbocycles. The Kier molecular flexibility index (Phi) is 7.93. The van der Waals surface area contributed by atoms with Gasteiger partial charge in [0.2, 0.25) is 0 Å². The van der Waals surface area contributed by atoms with Crippen molar-refractivity contribution in [3.05, 3.63) is 66.0 Å². The smallest absolute Gasteiger partial charge is 0.343 e. The number of hydrogen-bond donors (Lipinski definition) is 2. The van der Waals surface area contributed by atoms with Gasteiger partial charge in [0, 0.05) is 24.2 Å². The van der Waals surface area contributed by atoms with Gasteiger partial charge in [0.05, 0.1) is 6.61 Å². The number of aromatic nitrogens is 1. The molecule has 2 aromatic rings. The molecule has 4 rings (SSSR count). The van der Waals surface area contributed by atoms with E-state index in [0.29, 0.717) is 11.5 Å². The molecule has 1 saturated carbocycles. The lowest BCUT2D eigenvalue weighted by Gasteiger charge is -2.33. The van der Waals surface area contributed by atoms with Crippen molar-refractivity contribution in [2.75, 3.05) is 19.7 Å². The molecule has 2 atom stereocenters. The predicted molar refractivity (Wildman–Crippen MR) is 125 cm³/mol. The molecule has 0 radical (unpaired) electrons. The van der Waals surface area contributed by atoms with E-state index in [2.05, 4.69) is 16.4 Å². The fraction of sp³-hybridized carbons (Fsp3) is 0.556. The summed E-state index contributed by atoms with van der Waals surface area (Å²) in [4.78, 5) is 17.7. The summed E-state index contributed by atoms with van der Waals surface area (Å²) in [5.74, 6) is 0.201. The van der Waals surface area contributed by atoms with Crippen molar-refractivity contribution in [2.45, 2.75) is 62.9 Å². The predicted octanol–water partition coefficient (Wildman–Crippen LogP) is 4.57. The van der Waals surface area contributed by atoms with Gasteiger partial charge in [0.25, 0.3) is 0 Å². The molecule has 0 amide bonds. The van der Waals surface area contributed by atoms with Crippen LogP contribution in [-0.4, -0.2) is 35.8 Å². The van der Waals surface area contributed by atoms with Crippen LogP contribution >= 0.6 is 0 Å². The van der Waals surface area contributed by atoms with Crippen molar-refractivity contribution < 1.29 is 14.6 Å². The van der Waals surface area contributed by atoms with Crippen LogP contribution in [0.1, 0.15) is 68.4 Å². The maximum Gasteiger partial charge on any atom is 0.343 e. The lowest BCUT2D eigenvalue weighted by atomic mass is 9.80. The van der Waals surface area contributed by atoms with E-state index in [-0.39, 0.29) is 18.4 Å². The van der Waals surface area contributed by atoms with Gasteiger partial charge < -0.3 is 15.2 Å².